The molecule has 2 fully saturated rings. The molecule has 142 valence electrons. The number of hydrogen-bond acceptors (Lipinski definition) is 5. The summed E-state index contributed by atoms with van der Waals surface area (Å²) in [6.45, 7) is 3.89. The summed E-state index contributed by atoms with van der Waals surface area (Å²) < 4.78 is 0. The minimum Gasteiger partial charge on any atom is -0.355 e. The molecule has 0 bridgehead atoms. The zero-order valence-corrected chi connectivity index (χ0v) is 15.6. The smallest absolute Gasteiger partial charge is 0.225 e. The van der Waals surface area contributed by atoms with Crippen molar-refractivity contribution in [2.75, 3.05) is 37.6 Å². The van der Waals surface area contributed by atoms with Gasteiger partial charge in [0.2, 0.25) is 5.91 Å². The predicted molar refractivity (Wildman–Crippen MR) is 105 cm³/mol. The van der Waals surface area contributed by atoms with Crippen molar-refractivity contribution < 1.29 is 4.79 Å². The lowest BCUT2D eigenvalue weighted by molar-refractivity contribution is -0.135. The van der Waals surface area contributed by atoms with Crippen molar-refractivity contribution in [3.8, 4) is 0 Å². The number of aromatic nitrogens is 2. The molecular weight excluding hydrogens is 338 g/mol. The van der Waals surface area contributed by atoms with E-state index < -0.39 is 0 Å². The van der Waals surface area contributed by atoms with Gasteiger partial charge in [0.1, 0.15) is 5.82 Å². The van der Waals surface area contributed by atoms with Gasteiger partial charge in [0.25, 0.3) is 0 Å². The van der Waals surface area contributed by atoms with Crippen LogP contribution in [0.5, 0.6) is 0 Å². The number of likely N-dealkylation sites (tertiary alicyclic amines) is 1. The summed E-state index contributed by atoms with van der Waals surface area (Å²) in [5, 5.41) is 0. The first-order chi connectivity index (χ1) is 13.3. The fourth-order valence-electron chi connectivity index (χ4n) is 4.44. The summed E-state index contributed by atoms with van der Waals surface area (Å²) in [7, 11) is 0. The predicted octanol–water partition coefficient (Wildman–Crippen LogP) is 1.89. The molecule has 1 aromatic carbocycles. The fraction of sp³-hybridized carbons (Fsp3) is 0.476. The number of nitrogens with zero attached hydrogens (tertiary/aromatic N) is 4. The SMILES string of the molecule is NC[C@@H]1CN(C(=O)C2CCN(c3cnccn3)CC2)C[C@H]1c1ccccc1. The third-order valence-corrected chi connectivity index (χ3v) is 6.00. The standard InChI is InChI=1S/C21H27N5O/c22-12-18-14-26(15-19(18)16-4-2-1-3-5-16)21(27)17-6-10-25(11-7-17)20-13-23-8-9-24-20/h1-5,8-9,13,17-19H,6-7,10-12,14-15,22H2/t18-,19+/m1/s1. The number of piperidine rings is 1. The van der Waals surface area contributed by atoms with Crippen molar-refractivity contribution in [3.05, 3.63) is 54.5 Å². The largest absolute Gasteiger partial charge is 0.355 e. The van der Waals surface area contributed by atoms with Crippen molar-refractivity contribution in [2.24, 2.45) is 17.6 Å². The van der Waals surface area contributed by atoms with Crippen molar-refractivity contribution in [1.82, 2.24) is 14.9 Å². The number of carbonyl (C=O) groups excluding carboxylic acids is 1. The number of amides is 1. The highest BCUT2D eigenvalue weighted by Gasteiger charge is 2.38. The normalized spacial score (nSPS) is 23.6. The van der Waals surface area contributed by atoms with Crippen LogP contribution in [0.3, 0.4) is 0 Å². The van der Waals surface area contributed by atoms with E-state index in [1.54, 1.807) is 18.6 Å². The highest BCUT2D eigenvalue weighted by Crippen LogP contribution is 2.34. The van der Waals surface area contributed by atoms with Crippen LogP contribution < -0.4 is 10.6 Å². The lowest BCUT2D eigenvalue weighted by Gasteiger charge is -2.33. The Bertz CT molecular complexity index is 746. The van der Waals surface area contributed by atoms with E-state index in [-0.39, 0.29) is 5.92 Å². The number of rotatable bonds is 4. The van der Waals surface area contributed by atoms with Crippen LogP contribution in [0.1, 0.15) is 24.3 Å². The van der Waals surface area contributed by atoms with E-state index in [4.69, 9.17) is 5.73 Å². The van der Waals surface area contributed by atoms with Gasteiger partial charge in [-0.3, -0.25) is 9.78 Å². The van der Waals surface area contributed by atoms with Crippen LogP contribution >= 0.6 is 0 Å². The van der Waals surface area contributed by atoms with Gasteiger partial charge in [-0.05, 0) is 30.9 Å². The zero-order chi connectivity index (χ0) is 18.6. The molecule has 4 rings (SSSR count). The van der Waals surface area contributed by atoms with Crippen LogP contribution in [-0.2, 0) is 4.79 Å². The maximum atomic E-state index is 13.1. The maximum Gasteiger partial charge on any atom is 0.225 e. The number of anilines is 1. The van der Waals surface area contributed by atoms with E-state index in [9.17, 15) is 4.79 Å². The Kier molecular flexibility index (Phi) is 5.34. The molecule has 1 amide bonds. The zero-order valence-electron chi connectivity index (χ0n) is 15.6. The van der Waals surface area contributed by atoms with Gasteiger partial charge in [-0.15, -0.1) is 0 Å². The molecule has 0 saturated carbocycles. The van der Waals surface area contributed by atoms with Crippen molar-refractivity contribution >= 4 is 11.7 Å². The van der Waals surface area contributed by atoms with Crippen molar-refractivity contribution in [3.63, 3.8) is 0 Å². The van der Waals surface area contributed by atoms with Crippen molar-refractivity contribution in [2.45, 2.75) is 18.8 Å². The van der Waals surface area contributed by atoms with Crippen LogP contribution in [0.4, 0.5) is 5.82 Å². The molecule has 2 atom stereocenters. The molecular formula is C21H27N5O. The molecule has 6 heteroatoms. The highest BCUT2D eigenvalue weighted by atomic mass is 16.2. The lowest BCUT2D eigenvalue weighted by Crippen LogP contribution is -2.42. The van der Waals surface area contributed by atoms with Crippen LogP contribution in [0, 0.1) is 11.8 Å². The van der Waals surface area contributed by atoms with Crippen molar-refractivity contribution in [1.29, 1.82) is 0 Å². The molecule has 0 unspecified atom stereocenters. The van der Waals surface area contributed by atoms with Crippen LogP contribution in [0.25, 0.3) is 0 Å². The Labute approximate surface area is 160 Å². The summed E-state index contributed by atoms with van der Waals surface area (Å²) in [5.41, 5.74) is 7.32. The molecule has 6 nitrogen and oxygen atoms in total. The Morgan fingerprint density at radius 3 is 2.56 bits per heavy atom. The quantitative estimate of drug-likeness (QED) is 0.896. The second kappa shape index (κ2) is 8.05. The molecule has 0 aliphatic carbocycles. The molecule has 2 aliphatic rings. The second-order valence-corrected chi connectivity index (χ2v) is 7.58. The van der Waals surface area contributed by atoms with Crippen LogP contribution in [0.2, 0.25) is 0 Å². The lowest BCUT2D eigenvalue weighted by atomic mass is 9.89. The molecule has 2 N–H and O–H groups in total. The first-order valence-corrected chi connectivity index (χ1v) is 9.81. The number of carbonyl (C=O) groups is 1. The Balaban J connectivity index is 1.38. The molecule has 0 spiro atoms. The first kappa shape index (κ1) is 17.9. The summed E-state index contributed by atoms with van der Waals surface area (Å²) in [6.07, 6.45) is 6.93. The molecule has 2 aliphatic heterocycles. The van der Waals surface area contributed by atoms with E-state index in [0.717, 1.165) is 44.8 Å². The topological polar surface area (TPSA) is 75.3 Å². The van der Waals surface area contributed by atoms with E-state index in [0.29, 0.717) is 24.3 Å². The van der Waals surface area contributed by atoms with Gasteiger partial charge in [-0.25, -0.2) is 4.98 Å². The summed E-state index contributed by atoms with van der Waals surface area (Å²) in [6, 6.07) is 10.5. The van der Waals surface area contributed by atoms with E-state index in [2.05, 4.69) is 44.0 Å². The van der Waals surface area contributed by atoms with Gasteiger partial charge < -0.3 is 15.5 Å². The average molecular weight is 365 g/mol. The summed E-state index contributed by atoms with van der Waals surface area (Å²) >= 11 is 0. The summed E-state index contributed by atoms with van der Waals surface area (Å²) in [4.78, 5) is 25.9. The second-order valence-electron chi connectivity index (χ2n) is 7.58. The Hall–Kier alpha value is -2.47. The van der Waals surface area contributed by atoms with Crippen LogP contribution in [-0.4, -0.2) is 53.5 Å². The van der Waals surface area contributed by atoms with Crippen LogP contribution in [0.15, 0.2) is 48.9 Å². The number of benzene rings is 1. The van der Waals surface area contributed by atoms with Gasteiger partial charge >= 0.3 is 0 Å². The average Bonchev–Trinajstić information content (AvgIpc) is 3.19. The molecule has 27 heavy (non-hydrogen) atoms. The minimum atomic E-state index is 0.103. The molecule has 0 radical (unpaired) electrons. The minimum absolute atomic E-state index is 0.103. The summed E-state index contributed by atoms with van der Waals surface area (Å²) in [5.74, 6) is 1.99. The fourth-order valence-corrected chi connectivity index (χ4v) is 4.44. The monoisotopic (exact) mass is 365 g/mol. The van der Waals surface area contributed by atoms with Gasteiger partial charge in [0, 0.05) is 50.4 Å². The number of nitrogens with two attached hydrogens (primary N) is 1. The molecule has 3 heterocycles. The van der Waals surface area contributed by atoms with Gasteiger partial charge in [-0.2, -0.15) is 0 Å². The van der Waals surface area contributed by atoms with E-state index in [1.807, 2.05) is 6.07 Å². The molecule has 1 aromatic heterocycles. The maximum absolute atomic E-state index is 13.1. The third kappa shape index (κ3) is 3.81. The first-order valence-electron chi connectivity index (χ1n) is 9.81. The van der Waals surface area contributed by atoms with E-state index in [1.165, 1.54) is 5.56 Å². The van der Waals surface area contributed by atoms with Gasteiger partial charge in [0.15, 0.2) is 0 Å². The Morgan fingerprint density at radius 2 is 1.89 bits per heavy atom. The molecule has 2 saturated heterocycles. The highest BCUT2D eigenvalue weighted by molar-refractivity contribution is 5.79. The van der Waals surface area contributed by atoms with Gasteiger partial charge in [-0.1, -0.05) is 30.3 Å². The van der Waals surface area contributed by atoms with Gasteiger partial charge in [0.05, 0.1) is 6.20 Å². The molecule has 2 aromatic rings. The third-order valence-electron chi connectivity index (χ3n) is 6.00. The van der Waals surface area contributed by atoms with E-state index >= 15 is 0 Å². The number of hydrogen-bond donors (Lipinski definition) is 1. The Morgan fingerprint density at radius 1 is 1.11 bits per heavy atom.